The first-order chi connectivity index (χ1) is 11.7. The van der Waals surface area contributed by atoms with Crippen LogP contribution in [0.2, 0.25) is 0 Å². The predicted octanol–water partition coefficient (Wildman–Crippen LogP) is 4.17. The first-order valence-corrected chi connectivity index (χ1v) is 10.0. The Kier molecular flexibility index (Phi) is 6.24. The molecule has 0 bridgehead atoms. The van der Waals surface area contributed by atoms with E-state index in [0.717, 1.165) is 26.9 Å². The van der Waals surface area contributed by atoms with Crippen molar-refractivity contribution >= 4 is 32.2 Å². The van der Waals surface area contributed by atoms with E-state index in [1.165, 1.54) is 6.21 Å². The van der Waals surface area contributed by atoms with Crippen LogP contribution in [0.3, 0.4) is 0 Å². The second kappa shape index (κ2) is 8.01. The Morgan fingerprint density at radius 2 is 1.84 bits per heavy atom. The lowest BCUT2D eigenvalue weighted by atomic mass is 10.1. The van der Waals surface area contributed by atoms with Crippen molar-refractivity contribution < 1.29 is 13.2 Å². The average Bonchev–Trinajstić information content (AvgIpc) is 2.52. The molecule has 25 heavy (non-hydrogen) atoms. The van der Waals surface area contributed by atoms with Gasteiger partial charge in [0.25, 0.3) is 10.0 Å². The quantitative estimate of drug-likeness (QED) is 0.558. The SMILES string of the molecule is Cc1ccc(S(=O)(=O)N/N=C/c2ccc(OC(C)C)c(Br)c2)cc1C. The normalized spacial score (nSPS) is 11.9. The molecule has 2 rings (SSSR count). The Labute approximate surface area is 157 Å². The smallest absolute Gasteiger partial charge is 0.276 e. The lowest BCUT2D eigenvalue weighted by molar-refractivity contribution is 0.241. The van der Waals surface area contributed by atoms with Crippen molar-refractivity contribution in [1.82, 2.24) is 4.83 Å². The summed E-state index contributed by atoms with van der Waals surface area (Å²) in [7, 11) is -3.69. The third-order valence-corrected chi connectivity index (χ3v) is 5.33. The van der Waals surface area contributed by atoms with Crippen molar-refractivity contribution in [3.63, 3.8) is 0 Å². The average molecular weight is 425 g/mol. The van der Waals surface area contributed by atoms with Crippen molar-refractivity contribution in [2.75, 3.05) is 0 Å². The van der Waals surface area contributed by atoms with Gasteiger partial charge in [-0.1, -0.05) is 6.07 Å². The summed E-state index contributed by atoms with van der Waals surface area (Å²) in [6.07, 6.45) is 1.52. The van der Waals surface area contributed by atoms with Gasteiger partial charge in [0.2, 0.25) is 0 Å². The third kappa shape index (κ3) is 5.31. The molecule has 0 spiro atoms. The molecule has 0 aliphatic heterocycles. The highest BCUT2D eigenvalue weighted by Crippen LogP contribution is 2.26. The van der Waals surface area contributed by atoms with Gasteiger partial charge in [-0.15, -0.1) is 0 Å². The predicted molar refractivity (Wildman–Crippen MR) is 104 cm³/mol. The van der Waals surface area contributed by atoms with Gasteiger partial charge >= 0.3 is 0 Å². The largest absolute Gasteiger partial charge is 0.490 e. The summed E-state index contributed by atoms with van der Waals surface area (Å²) in [5, 5.41) is 3.85. The number of aryl methyl sites for hydroxylation is 2. The zero-order chi connectivity index (χ0) is 18.6. The minimum Gasteiger partial charge on any atom is -0.490 e. The molecule has 0 aromatic heterocycles. The molecular weight excluding hydrogens is 404 g/mol. The van der Waals surface area contributed by atoms with Crippen molar-refractivity contribution in [3.05, 3.63) is 57.6 Å². The molecular formula is C18H21BrN2O3S. The highest BCUT2D eigenvalue weighted by molar-refractivity contribution is 9.10. The van der Waals surface area contributed by atoms with Crippen LogP contribution in [0.25, 0.3) is 0 Å². The molecule has 0 unspecified atom stereocenters. The number of ether oxygens (including phenoxy) is 1. The zero-order valence-electron chi connectivity index (χ0n) is 14.6. The highest BCUT2D eigenvalue weighted by atomic mass is 79.9. The monoisotopic (exact) mass is 424 g/mol. The third-order valence-electron chi connectivity index (χ3n) is 3.49. The van der Waals surface area contributed by atoms with Crippen LogP contribution >= 0.6 is 15.9 Å². The number of hydrogen-bond acceptors (Lipinski definition) is 4. The molecule has 0 aliphatic carbocycles. The van der Waals surface area contributed by atoms with E-state index >= 15 is 0 Å². The molecule has 2 aromatic carbocycles. The first-order valence-electron chi connectivity index (χ1n) is 7.77. The van der Waals surface area contributed by atoms with Crippen molar-refractivity contribution in [2.24, 2.45) is 5.10 Å². The molecule has 0 heterocycles. The summed E-state index contributed by atoms with van der Waals surface area (Å²) in [5.41, 5.74) is 2.69. The standard InChI is InChI=1S/C18H21BrN2O3S/c1-12(2)24-18-8-6-15(10-17(18)19)11-20-21-25(22,23)16-7-5-13(3)14(4)9-16/h5-12,21H,1-4H3/b20-11+. The van der Waals surface area contributed by atoms with Crippen LogP contribution in [0.1, 0.15) is 30.5 Å². The van der Waals surface area contributed by atoms with Gasteiger partial charge < -0.3 is 4.74 Å². The van der Waals surface area contributed by atoms with E-state index in [0.29, 0.717) is 0 Å². The lowest BCUT2D eigenvalue weighted by Crippen LogP contribution is -2.18. The van der Waals surface area contributed by atoms with Gasteiger partial charge in [-0.2, -0.15) is 13.5 Å². The van der Waals surface area contributed by atoms with Crippen LogP contribution < -0.4 is 9.57 Å². The number of benzene rings is 2. The van der Waals surface area contributed by atoms with Crippen LogP contribution in [0.15, 0.2) is 50.9 Å². The van der Waals surface area contributed by atoms with Crippen molar-refractivity contribution in [2.45, 2.75) is 38.7 Å². The van der Waals surface area contributed by atoms with E-state index in [-0.39, 0.29) is 11.0 Å². The van der Waals surface area contributed by atoms with Gasteiger partial charge in [0.1, 0.15) is 5.75 Å². The van der Waals surface area contributed by atoms with Gasteiger partial charge in [-0.3, -0.25) is 0 Å². The zero-order valence-corrected chi connectivity index (χ0v) is 17.0. The summed E-state index contributed by atoms with van der Waals surface area (Å²) < 4.78 is 31.0. The molecule has 0 fully saturated rings. The van der Waals surface area contributed by atoms with E-state index in [2.05, 4.69) is 25.9 Å². The number of sulfonamides is 1. The Hall–Kier alpha value is -1.86. The fourth-order valence-electron chi connectivity index (χ4n) is 2.05. The van der Waals surface area contributed by atoms with E-state index in [9.17, 15) is 8.42 Å². The first kappa shape index (κ1) is 19.5. The molecule has 7 heteroatoms. The minimum atomic E-state index is -3.69. The summed E-state index contributed by atoms with van der Waals surface area (Å²) >= 11 is 3.43. The second-order valence-electron chi connectivity index (χ2n) is 5.96. The minimum absolute atomic E-state index is 0.0700. The van der Waals surface area contributed by atoms with E-state index < -0.39 is 10.0 Å². The van der Waals surface area contributed by atoms with Crippen molar-refractivity contribution in [3.8, 4) is 5.75 Å². The molecule has 0 radical (unpaired) electrons. The Bertz CT molecular complexity index is 893. The molecule has 0 saturated heterocycles. The van der Waals surface area contributed by atoms with Gasteiger partial charge in [-0.25, -0.2) is 4.83 Å². The Morgan fingerprint density at radius 3 is 2.44 bits per heavy atom. The highest BCUT2D eigenvalue weighted by Gasteiger charge is 2.13. The number of nitrogens with zero attached hydrogens (tertiary/aromatic N) is 1. The van der Waals surface area contributed by atoms with Crippen molar-refractivity contribution in [1.29, 1.82) is 0 Å². The summed E-state index contributed by atoms with van der Waals surface area (Å²) in [4.78, 5) is 2.42. The Balaban J connectivity index is 2.11. The Morgan fingerprint density at radius 1 is 1.12 bits per heavy atom. The maximum Gasteiger partial charge on any atom is 0.276 e. The topological polar surface area (TPSA) is 67.8 Å². The number of hydrogen-bond donors (Lipinski definition) is 1. The van der Waals surface area contributed by atoms with E-state index in [1.54, 1.807) is 24.3 Å². The molecule has 0 saturated carbocycles. The lowest BCUT2D eigenvalue weighted by Gasteiger charge is -2.11. The molecule has 2 aromatic rings. The number of halogens is 1. The van der Waals surface area contributed by atoms with Crippen LogP contribution in [-0.2, 0) is 10.0 Å². The number of rotatable bonds is 6. The maximum absolute atomic E-state index is 12.3. The van der Waals surface area contributed by atoms with E-state index in [1.807, 2.05) is 39.8 Å². The molecule has 1 N–H and O–H groups in total. The van der Waals surface area contributed by atoms with E-state index in [4.69, 9.17) is 4.74 Å². The summed E-state index contributed by atoms with van der Waals surface area (Å²) in [6, 6.07) is 10.4. The van der Waals surface area contributed by atoms with Gasteiger partial charge in [0.15, 0.2) is 0 Å². The molecule has 5 nitrogen and oxygen atoms in total. The van der Waals surface area contributed by atoms with Gasteiger partial charge in [-0.05, 0) is 90.6 Å². The molecule has 0 atom stereocenters. The fourth-order valence-corrected chi connectivity index (χ4v) is 3.42. The molecule has 0 aliphatic rings. The van der Waals surface area contributed by atoms with Crippen LogP contribution in [0.5, 0.6) is 5.75 Å². The molecule has 0 amide bonds. The summed E-state index contributed by atoms with van der Waals surface area (Å²) in [5.74, 6) is 0.725. The van der Waals surface area contributed by atoms with Crippen LogP contribution in [0, 0.1) is 13.8 Å². The van der Waals surface area contributed by atoms with Crippen LogP contribution in [0.4, 0.5) is 0 Å². The maximum atomic E-state index is 12.3. The van der Waals surface area contributed by atoms with Gasteiger partial charge in [0.05, 0.1) is 21.7 Å². The summed E-state index contributed by atoms with van der Waals surface area (Å²) in [6.45, 7) is 7.70. The van der Waals surface area contributed by atoms with Gasteiger partial charge in [0, 0.05) is 0 Å². The fraction of sp³-hybridized carbons (Fsp3) is 0.278. The second-order valence-corrected chi connectivity index (χ2v) is 8.47. The number of nitrogens with one attached hydrogen (secondary N) is 1. The number of hydrazone groups is 1. The van der Waals surface area contributed by atoms with Crippen LogP contribution in [-0.4, -0.2) is 20.7 Å². The molecule has 134 valence electrons.